The van der Waals surface area contributed by atoms with Crippen LogP contribution in [0.25, 0.3) is 0 Å². The van der Waals surface area contributed by atoms with E-state index in [9.17, 15) is 9.59 Å². The molecule has 0 spiro atoms. The van der Waals surface area contributed by atoms with E-state index in [2.05, 4.69) is 10.6 Å². The van der Waals surface area contributed by atoms with Crippen LogP contribution in [-0.2, 0) is 14.3 Å². The number of aliphatic carboxylic acids is 1. The zero-order valence-electron chi connectivity index (χ0n) is 12.3. The standard InChI is InChI=1S/C13H24N2O5/c1-4-9(2)10(11(16)17)15-12(18)14-7-13(19-3)5-6-20-8-13/h9-10H,4-8H2,1-3H3,(H,16,17)(H2,14,15,18)/t9?,10-,13?/m0/s1. The van der Waals surface area contributed by atoms with E-state index < -0.39 is 23.6 Å². The van der Waals surface area contributed by atoms with Crippen molar-refractivity contribution in [3.63, 3.8) is 0 Å². The van der Waals surface area contributed by atoms with Gasteiger partial charge in [0.05, 0.1) is 13.2 Å². The average molecular weight is 288 g/mol. The van der Waals surface area contributed by atoms with Crippen molar-refractivity contribution in [2.45, 2.75) is 38.3 Å². The third-order valence-corrected chi connectivity index (χ3v) is 3.84. The van der Waals surface area contributed by atoms with Crippen molar-refractivity contribution in [1.29, 1.82) is 0 Å². The fraction of sp³-hybridized carbons (Fsp3) is 0.846. The van der Waals surface area contributed by atoms with E-state index >= 15 is 0 Å². The molecule has 116 valence electrons. The molecule has 0 saturated carbocycles. The Kier molecular flexibility index (Phi) is 6.22. The lowest BCUT2D eigenvalue weighted by Crippen LogP contribution is -2.53. The van der Waals surface area contributed by atoms with E-state index in [1.165, 1.54) is 0 Å². The number of amides is 2. The lowest BCUT2D eigenvalue weighted by atomic mass is 9.99. The highest BCUT2D eigenvalue weighted by Gasteiger charge is 2.35. The largest absolute Gasteiger partial charge is 0.480 e. The number of rotatable bonds is 7. The van der Waals surface area contributed by atoms with Crippen LogP contribution in [0.4, 0.5) is 4.79 Å². The Hall–Kier alpha value is -1.34. The first-order valence-corrected chi connectivity index (χ1v) is 6.84. The Morgan fingerprint density at radius 1 is 1.50 bits per heavy atom. The Balaban J connectivity index is 2.47. The maximum atomic E-state index is 11.8. The van der Waals surface area contributed by atoms with Crippen LogP contribution in [0.5, 0.6) is 0 Å². The van der Waals surface area contributed by atoms with Gasteiger partial charge < -0.3 is 25.2 Å². The molecule has 2 amide bonds. The molecule has 0 radical (unpaired) electrons. The van der Waals surface area contributed by atoms with Crippen molar-refractivity contribution in [3.05, 3.63) is 0 Å². The average Bonchev–Trinajstić information content (AvgIpc) is 2.91. The SMILES string of the molecule is CCC(C)[C@H](NC(=O)NCC1(OC)CCOC1)C(=O)O. The van der Waals surface area contributed by atoms with Crippen molar-refractivity contribution in [2.75, 3.05) is 26.9 Å². The van der Waals surface area contributed by atoms with Crippen molar-refractivity contribution < 1.29 is 24.2 Å². The van der Waals surface area contributed by atoms with Gasteiger partial charge >= 0.3 is 12.0 Å². The highest BCUT2D eigenvalue weighted by atomic mass is 16.5. The van der Waals surface area contributed by atoms with Crippen LogP contribution in [-0.4, -0.2) is 55.6 Å². The molecule has 0 bridgehead atoms. The van der Waals surface area contributed by atoms with Gasteiger partial charge in [-0.05, 0) is 5.92 Å². The number of carbonyl (C=O) groups excluding carboxylic acids is 1. The topological polar surface area (TPSA) is 96.9 Å². The van der Waals surface area contributed by atoms with Gasteiger partial charge in [0.25, 0.3) is 0 Å². The lowest BCUT2D eigenvalue weighted by Gasteiger charge is -2.27. The molecule has 0 aromatic heterocycles. The van der Waals surface area contributed by atoms with Crippen LogP contribution >= 0.6 is 0 Å². The minimum Gasteiger partial charge on any atom is -0.480 e. The molecule has 0 aromatic carbocycles. The molecular weight excluding hydrogens is 264 g/mol. The number of carboxylic acids is 1. The monoisotopic (exact) mass is 288 g/mol. The molecule has 0 aromatic rings. The molecule has 1 saturated heterocycles. The number of carbonyl (C=O) groups is 2. The van der Waals surface area contributed by atoms with E-state index in [1.807, 2.05) is 6.92 Å². The summed E-state index contributed by atoms with van der Waals surface area (Å²) in [4.78, 5) is 22.9. The Morgan fingerprint density at radius 3 is 2.65 bits per heavy atom. The zero-order chi connectivity index (χ0) is 15.2. The summed E-state index contributed by atoms with van der Waals surface area (Å²) >= 11 is 0. The van der Waals surface area contributed by atoms with Gasteiger partial charge in [0, 0.05) is 20.1 Å². The van der Waals surface area contributed by atoms with Crippen LogP contribution in [0.1, 0.15) is 26.7 Å². The predicted octanol–water partition coefficient (Wildman–Crippen LogP) is 0.590. The van der Waals surface area contributed by atoms with E-state index in [0.717, 1.165) is 0 Å². The van der Waals surface area contributed by atoms with Crippen LogP contribution in [0.2, 0.25) is 0 Å². The zero-order valence-corrected chi connectivity index (χ0v) is 12.3. The van der Waals surface area contributed by atoms with Gasteiger partial charge in [-0.15, -0.1) is 0 Å². The minimum absolute atomic E-state index is 0.135. The molecular formula is C13H24N2O5. The molecule has 7 heteroatoms. The molecule has 7 nitrogen and oxygen atoms in total. The summed E-state index contributed by atoms with van der Waals surface area (Å²) in [6, 6.07) is -1.39. The molecule has 20 heavy (non-hydrogen) atoms. The molecule has 1 fully saturated rings. The van der Waals surface area contributed by atoms with Crippen LogP contribution < -0.4 is 10.6 Å². The number of hydrogen-bond donors (Lipinski definition) is 3. The van der Waals surface area contributed by atoms with E-state index in [-0.39, 0.29) is 5.92 Å². The molecule has 3 N–H and O–H groups in total. The van der Waals surface area contributed by atoms with Gasteiger partial charge in [-0.3, -0.25) is 0 Å². The van der Waals surface area contributed by atoms with Crippen molar-refractivity contribution in [2.24, 2.45) is 5.92 Å². The van der Waals surface area contributed by atoms with Gasteiger partial charge in [-0.2, -0.15) is 0 Å². The third kappa shape index (κ3) is 4.35. The van der Waals surface area contributed by atoms with Gasteiger partial charge in [-0.25, -0.2) is 9.59 Å². The fourth-order valence-corrected chi connectivity index (χ4v) is 2.08. The first-order valence-electron chi connectivity index (χ1n) is 6.84. The van der Waals surface area contributed by atoms with E-state index in [0.29, 0.717) is 32.6 Å². The summed E-state index contributed by atoms with van der Waals surface area (Å²) in [7, 11) is 1.58. The predicted molar refractivity (Wildman–Crippen MR) is 72.6 cm³/mol. The second-order valence-corrected chi connectivity index (χ2v) is 5.22. The number of carboxylic acid groups (broad SMARTS) is 1. The molecule has 1 heterocycles. The maximum Gasteiger partial charge on any atom is 0.326 e. The molecule has 2 unspecified atom stereocenters. The number of methoxy groups -OCH3 is 1. The lowest BCUT2D eigenvalue weighted by molar-refractivity contribution is -0.140. The summed E-state index contributed by atoms with van der Waals surface area (Å²) in [5.41, 5.74) is -0.508. The number of hydrogen-bond acceptors (Lipinski definition) is 4. The summed E-state index contributed by atoms with van der Waals surface area (Å²) in [5, 5.41) is 14.3. The Labute approximate surface area is 119 Å². The second kappa shape index (κ2) is 7.44. The second-order valence-electron chi connectivity index (χ2n) is 5.22. The van der Waals surface area contributed by atoms with Gasteiger partial charge in [0.1, 0.15) is 11.6 Å². The summed E-state index contributed by atoms with van der Waals surface area (Å²) in [6.45, 7) is 5.00. The normalized spacial score (nSPS) is 24.9. The van der Waals surface area contributed by atoms with Crippen LogP contribution in [0.3, 0.4) is 0 Å². The maximum absolute atomic E-state index is 11.8. The molecule has 1 rings (SSSR count). The number of ether oxygens (including phenoxy) is 2. The summed E-state index contributed by atoms with van der Waals surface area (Å²) in [5.74, 6) is -1.16. The fourth-order valence-electron chi connectivity index (χ4n) is 2.08. The first kappa shape index (κ1) is 16.7. The van der Waals surface area contributed by atoms with Crippen LogP contribution in [0.15, 0.2) is 0 Å². The smallest absolute Gasteiger partial charge is 0.326 e. The minimum atomic E-state index is -1.03. The molecule has 1 aliphatic rings. The molecule has 3 atom stereocenters. The highest BCUT2D eigenvalue weighted by Crippen LogP contribution is 2.21. The quantitative estimate of drug-likeness (QED) is 0.637. The third-order valence-electron chi connectivity index (χ3n) is 3.84. The molecule has 1 aliphatic heterocycles. The van der Waals surface area contributed by atoms with Crippen molar-refractivity contribution >= 4 is 12.0 Å². The van der Waals surface area contributed by atoms with Gasteiger partial charge in [-0.1, -0.05) is 20.3 Å². The van der Waals surface area contributed by atoms with E-state index in [1.54, 1.807) is 14.0 Å². The van der Waals surface area contributed by atoms with Crippen molar-refractivity contribution in [1.82, 2.24) is 10.6 Å². The summed E-state index contributed by atoms with van der Waals surface area (Å²) in [6.07, 6.45) is 1.38. The number of nitrogens with one attached hydrogen (secondary N) is 2. The molecule has 0 aliphatic carbocycles. The Morgan fingerprint density at radius 2 is 2.20 bits per heavy atom. The van der Waals surface area contributed by atoms with E-state index in [4.69, 9.17) is 14.6 Å². The Bertz CT molecular complexity index is 342. The van der Waals surface area contributed by atoms with Gasteiger partial charge in [0.15, 0.2) is 0 Å². The first-order chi connectivity index (χ1) is 9.44. The van der Waals surface area contributed by atoms with Crippen molar-refractivity contribution in [3.8, 4) is 0 Å². The van der Waals surface area contributed by atoms with Gasteiger partial charge in [0.2, 0.25) is 0 Å². The highest BCUT2D eigenvalue weighted by molar-refractivity contribution is 5.82. The van der Waals surface area contributed by atoms with Crippen LogP contribution in [0, 0.1) is 5.92 Å². The number of urea groups is 1. The summed E-state index contributed by atoms with van der Waals surface area (Å²) < 4.78 is 10.7.